The molecule has 1 aliphatic carbocycles. The lowest BCUT2D eigenvalue weighted by atomic mass is 9.60. The molecule has 0 radical (unpaired) electrons. The van der Waals surface area contributed by atoms with Crippen molar-refractivity contribution in [1.29, 1.82) is 0 Å². The summed E-state index contributed by atoms with van der Waals surface area (Å²) < 4.78 is 12.4. The largest absolute Gasteiger partial charge is 0.457 e. The molecule has 5 nitrogen and oxygen atoms in total. The molecule has 2 saturated heterocycles. The SMILES string of the molecule is C=C1CCC(C(C)C)C2C1C1CC(C)(O)C(O)CCC(C)(OC(C)=O)C2O1. The molecule has 2 aliphatic heterocycles. The van der Waals surface area contributed by atoms with Gasteiger partial charge in [0.25, 0.3) is 0 Å². The molecule has 2 heterocycles. The van der Waals surface area contributed by atoms with Gasteiger partial charge in [-0.25, -0.2) is 0 Å². The average Bonchev–Trinajstić information content (AvgIpc) is 2.92. The van der Waals surface area contributed by atoms with E-state index in [9.17, 15) is 15.0 Å². The van der Waals surface area contributed by atoms with Gasteiger partial charge in [-0.15, -0.1) is 0 Å². The Labute approximate surface area is 163 Å². The Morgan fingerprint density at radius 1 is 1.33 bits per heavy atom. The first-order valence-electron chi connectivity index (χ1n) is 10.4. The van der Waals surface area contributed by atoms with E-state index in [-0.39, 0.29) is 30.0 Å². The van der Waals surface area contributed by atoms with E-state index in [4.69, 9.17) is 9.47 Å². The number of carbonyl (C=O) groups is 1. The van der Waals surface area contributed by atoms with Crippen LogP contribution in [0.25, 0.3) is 0 Å². The van der Waals surface area contributed by atoms with Gasteiger partial charge in [-0.05, 0) is 51.4 Å². The maximum absolute atomic E-state index is 11.9. The molecule has 0 aromatic rings. The van der Waals surface area contributed by atoms with Crippen molar-refractivity contribution in [2.45, 2.75) is 96.2 Å². The zero-order valence-corrected chi connectivity index (χ0v) is 17.4. The Balaban J connectivity index is 2.08. The van der Waals surface area contributed by atoms with Gasteiger partial charge >= 0.3 is 5.97 Å². The number of rotatable bonds is 2. The summed E-state index contributed by atoms with van der Waals surface area (Å²) in [6, 6.07) is 0. The number of aliphatic hydroxyl groups is 2. The van der Waals surface area contributed by atoms with Crippen LogP contribution in [-0.2, 0) is 14.3 Å². The monoisotopic (exact) mass is 380 g/mol. The smallest absolute Gasteiger partial charge is 0.303 e. The molecular formula is C22H36O5. The predicted octanol–water partition coefficient (Wildman–Crippen LogP) is 3.23. The summed E-state index contributed by atoms with van der Waals surface area (Å²) in [4.78, 5) is 11.9. The second-order valence-corrected chi connectivity index (χ2v) is 9.83. The first kappa shape index (κ1) is 20.8. The fourth-order valence-electron chi connectivity index (χ4n) is 5.90. The topological polar surface area (TPSA) is 76.0 Å². The molecule has 3 aliphatic rings. The summed E-state index contributed by atoms with van der Waals surface area (Å²) in [6.07, 6.45) is 1.88. The van der Waals surface area contributed by atoms with Crippen LogP contribution in [0.5, 0.6) is 0 Å². The van der Waals surface area contributed by atoms with E-state index in [0.717, 1.165) is 12.8 Å². The van der Waals surface area contributed by atoms with Crippen LogP contribution in [0.15, 0.2) is 12.2 Å². The summed E-state index contributed by atoms with van der Waals surface area (Å²) in [6.45, 7) is 13.9. The highest BCUT2D eigenvalue weighted by atomic mass is 16.6. The molecule has 0 amide bonds. The Hall–Kier alpha value is -0.910. The summed E-state index contributed by atoms with van der Waals surface area (Å²) in [7, 11) is 0. The number of esters is 1. The summed E-state index contributed by atoms with van der Waals surface area (Å²) in [5.74, 6) is 0.956. The van der Waals surface area contributed by atoms with Gasteiger partial charge < -0.3 is 19.7 Å². The van der Waals surface area contributed by atoms with Gasteiger partial charge in [0, 0.05) is 25.2 Å². The van der Waals surface area contributed by atoms with E-state index >= 15 is 0 Å². The molecule has 27 heavy (non-hydrogen) atoms. The van der Waals surface area contributed by atoms with Crippen molar-refractivity contribution in [2.24, 2.45) is 23.7 Å². The highest BCUT2D eigenvalue weighted by Gasteiger charge is 2.60. The van der Waals surface area contributed by atoms with Gasteiger partial charge in [0.2, 0.25) is 0 Å². The van der Waals surface area contributed by atoms with Gasteiger partial charge in [0.05, 0.1) is 17.8 Å². The van der Waals surface area contributed by atoms with Crippen LogP contribution in [-0.4, -0.2) is 45.7 Å². The van der Waals surface area contributed by atoms with Crippen LogP contribution >= 0.6 is 0 Å². The normalized spacial score (nSPS) is 47.8. The Kier molecular flexibility index (Phi) is 5.52. The lowest BCUT2D eigenvalue weighted by Crippen LogP contribution is -2.51. The van der Waals surface area contributed by atoms with Gasteiger partial charge in [-0.1, -0.05) is 26.0 Å². The van der Waals surface area contributed by atoms with E-state index in [0.29, 0.717) is 31.1 Å². The second kappa shape index (κ2) is 7.16. The molecule has 0 aromatic heterocycles. The minimum absolute atomic E-state index is 0.128. The lowest BCUT2D eigenvalue weighted by Gasteiger charge is -2.45. The van der Waals surface area contributed by atoms with Crippen molar-refractivity contribution < 1.29 is 24.5 Å². The molecule has 1 saturated carbocycles. The van der Waals surface area contributed by atoms with Crippen molar-refractivity contribution in [3.63, 3.8) is 0 Å². The predicted molar refractivity (Wildman–Crippen MR) is 103 cm³/mol. The van der Waals surface area contributed by atoms with Crippen molar-refractivity contribution in [2.75, 3.05) is 0 Å². The molecule has 8 atom stereocenters. The third-order valence-corrected chi connectivity index (χ3v) is 7.33. The number of aliphatic hydroxyl groups excluding tert-OH is 1. The minimum atomic E-state index is -1.24. The summed E-state index contributed by atoms with van der Waals surface area (Å²) >= 11 is 0. The van der Waals surface area contributed by atoms with Crippen LogP contribution in [0.4, 0.5) is 0 Å². The second-order valence-electron chi connectivity index (χ2n) is 9.83. The standard InChI is InChI=1S/C22H36O5/c1-12(2)15-8-7-13(3)18-16-11-21(5,25)17(24)9-10-22(6,27-14(4)23)20(26-16)19(15)18/h12,15-20,24-25H,3,7-11H2,1-2,4-6H3. The summed E-state index contributed by atoms with van der Waals surface area (Å²) in [5.41, 5.74) is -0.896. The van der Waals surface area contributed by atoms with E-state index in [1.807, 2.05) is 6.92 Å². The number of hydrogen-bond donors (Lipinski definition) is 2. The van der Waals surface area contributed by atoms with Crippen molar-refractivity contribution in [3.05, 3.63) is 12.2 Å². The number of hydrogen-bond acceptors (Lipinski definition) is 5. The Morgan fingerprint density at radius 3 is 2.59 bits per heavy atom. The molecular weight excluding hydrogens is 344 g/mol. The highest BCUT2D eigenvalue weighted by Crippen LogP contribution is 2.55. The molecule has 5 heteroatoms. The summed E-state index contributed by atoms with van der Waals surface area (Å²) in [5, 5.41) is 21.5. The number of fused-ring (bicyclic) bond motifs is 5. The van der Waals surface area contributed by atoms with E-state index in [1.54, 1.807) is 6.92 Å². The maximum Gasteiger partial charge on any atom is 0.303 e. The third-order valence-electron chi connectivity index (χ3n) is 7.33. The quantitative estimate of drug-likeness (QED) is 0.568. The van der Waals surface area contributed by atoms with Gasteiger partial charge in [0.1, 0.15) is 11.7 Å². The fraction of sp³-hybridized carbons (Fsp3) is 0.864. The number of carbonyl (C=O) groups excluding carboxylic acids is 1. The van der Waals surface area contributed by atoms with Crippen molar-refractivity contribution in [1.82, 2.24) is 0 Å². The molecule has 8 unspecified atom stereocenters. The van der Waals surface area contributed by atoms with Crippen LogP contribution in [0.3, 0.4) is 0 Å². The molecule has 154 valence electrons. The first-order valence-corrected chi connectivity index (χ1v) is 10.4. The first-order chi connectivity index (χ1) is 12.5. The molecule has 2 bridgehead atoms. The van der Waals surface area contributed by atoms with Crippen molar-refractivity contribution in [3.8, 4) is 0 Å². The van der Waals surface area contributed by atoms with E-state index < -0.39 is 17.3 Å². The Morgan fingerprint density at radius 2 is 2.00 bits per heavy atom. The zero-order valence-electron chi connectivity index (χ0n) is 17.4. The van der Waals surface area contributed by atoms with Crippen LogP contribution < -0.4 is 0 Å². The Bertz CT molecular complexity index is 598. The van der Waals surface area contributed by atoms with E-state index in [1.165, 1.54) is 12.5 Å². The van der Waals surface area contributed by atoms with E-state index in [2.05, 4.69) is 20.4 Å². The van der Waals surface area contributed by atoms with Gasteiger partial charge in [-0.3, -0.25) is 4.79 Å². The fourth-order valence-corrected chi connectivity index (χ4v) is 5.90. The third kappa shape index (κ3) is 3.70. The van der Waals surface area contributed by atoms with Crippen LogP contribution in [0.1, 0.15) is 66.7 Å². The molecule has 0 spiro atoms. The lowest BCUT2D eigenvalue weighted by molar-refractivity contribution is -0.179. The zero-order chi connectivity index (χ0) is 20.1. The highest BCUT2D eigenvalue weighted by molar-refractivity contribution is 5.66. The molecule has 3 fully saturated rings. The average molecular weight is 381 g/mol. The molecule has 2 N–H and O–H groups in total. The van der Waals surface area contributed by atoms with Gasteiger partial charge in [0.15, 0.2) is 0 Å². The van der Waals surface area contributed by atoms with Gasteiger partial charge in [-0.2, -0.15) is 0 Å². The molecule has 3 rings (SSSR count). The number of ether oxygens (including phenoxy) is 2. The molecule has 0 aromatic carbocycles. The van der Waals surface area contributed by atoms with Crippen LogP contribution in [0.2, 0.25) is 0 Å². The van der Waals surface area contributed by atoms with Crippen molar-refractivity contribution >= 4 is 5.97 Å². The maximum atomic E-state index is 11.9. The minimum Gasteiger partial charge on any atom is -0.457 e. The van der Waals surface area contributed by atoms with Crippen LogP contribution in [0, 0.1) is 23.7 Å².